The van der Waals surface area contributed by atoms with E-state index in [-0.39, 0.29) is 6.03 Å². The monoisotopic (exact) mass is 293 g/mol. The van der Waals surface area contributed by atoms with Crippen molar-refractivity contribution in [3.8, 4) is 5.75 Å². The van der Waals surface area contributed by atoms with Gasteiger partial charge in [-0.05, 0) is 30.7 Å². The number of carbonyl (C=O) groups is 2. The fourth-order valence-electron chi connectivity index (χ4n) is 2.20. The molecule has 1 aliphatic rings. The molecule has 7 nitrogen and oxygen atoms in total. The van der Waals surface area contributed by atoms with Crippen LogP contribution in [0.1, 0.15) is 6.42 Å². The zero-order valence-corrected chi connectivity index (χ0v) is 12.0. The van der Waals surface area contributed by atoms with Gasteiger partial charge in [-0.25, -0.2) is 4.79 Å². The van der Waals surface area contributed by atoms with Crippen LogP contribution >= 0.6 is 0 Å². The van der Waals surface area contributed by atoms with Gasteiger partial charge in [0.05, 0.1) is 13.2 Å². The third-order valence-corrected chi connectivity index (χ3v) is 3.45. The Kier molecular flexibility index (Phi) is 4.64. The number of ether oxygens (including phenoxy) is 2. The highest BCUT2D eigenvalue weighted by Gasteiger charge is 2.34. The number of primary amides is 1. The molecule has 0 bridgehead atoms. The predicted octanol–water partition coefficient (Wildman–Crippen LogP) is 0.484. The molecule has 1 aromatic rings. The number of methoxy groups -OCH3 is 1. The summed E-state index contributed by atoms with van der Waals surface area (Å²) < 4.78 is 10.3. The van der Waals surface area contributed by atoms with Crippen molar-refractivity contribution < 1.29 is 19.1 Å². The predicted molar refractivity (Wildman–Crippen MR) is 77.3 cm³/mol. The number of rotatable bonds is 4. The van der Waals surface area contributed by atoms with Crippen LogP contribution in [0.15, 0.2) is 24.3 Å². The Labute approximate surface area is 123 Å². The summed E-state index contributed by atoms with van der Waals surface area (Å²) in [4.78, 5) is 24.9. The van der Waals surface area contributed by atoms with Gasteiger partial charge >= 0.3 is 6.03 Å². The zero-order valence-electron chi connectivity index (χ0n) is 12.0. The largest absolute Gasteiger partial charge is 0.497 e. The fourth-order valence-corrected chi connectivity index (χ4v) is 2.20. The molecule has 3 amide bonds. The molecule has 114 valence electrons. The van der Waals surface area contributed by atoms with E-state index in [4.69, 9.17) is 15.2 Å². The average Bonchev–Trinajstić information content (AvgIpc) is 2.95. The number of nitrogens with two attached hydrogens (primary N) is 1. The molecule has 0 spiro atoms. The number of nitrogens with one attached hydrogen (secondary N) is 1. The van der Waals surface area contributed by atoms with Gasteiger partial charge in [-0.1, -0.05) is 0 Å². The third-order valence-electron chi connectivity index (χ3n) is 3.45. The highest BCUT2D eigenvalue weighted by atomic mass is 16.5. The molecule has 1 aliphatic heterocycles. The first-order valence-electron chi connectivity index (χ1n) is 6.62. The number of amides is 3. The molecule has 1 fully saturated rings. The van der Waals surface area contributed by atoms with Crippen LogP contribution < -0.4 is 20.7 Å². The van der Waals surface area contributed by atoms with Crippen molar-refractivity contribution in [2.24, 2.45) is 5.73 Å². The van der Waals surface area contributed by atoms with E-state index in [9.17, 15) is 9.59 Å². The van der Waals surface area contributed by atoms with E-state index >= 15 is 0 Å². The van der Waals surface area contributed by atoms with Crippen LogP contribution in [0.2, 0.25) is 0 Å². The summed E-state index contributed by atoms with van der Waals surface area (Å²) in [5.74, 6) is 0.149. The standard InChI is InChI=1S/C14H19N3O4/c1-17(9-3-5-10(20-2)6-4-9)14(19)16-11-7-8-21-12(11)13(15)18/h3-6,11-12H,7-8H2,1-2H3,(H2,15,18)(H,16,19)/t11-,12+/m1/s1. The van der Waals surface area contributed by atoms with Gasteiger partial charge in [-0.3, -0.25) is 9.69 Å². The van der Waals surface area contributed by atoms with Crippen molar-refractivity contribution in [1.29, 1.82) is 0 Å². The molecular formula is C14H19N3O4. The van der Waals surface area contributed by atoms with Crippen LogP contribution in [0.4, 0.5) is 10.5 Å². The lowest BCUT2D eigenvalue weighted by molar-refractivity contribution is -0.127. The summed E-state index contributed by atoms with van der Waals surface area (Å²) >= 11 is 0. The van der Waals surface area contributed by atoms with Crippen LogP contribution in [0.5, 0.6) is 5.75 Å². The molecule has 2 rings (SSSR count). The van der Waals surface area contributed by atoms with Gasteiger partial charge in [0.1, 0.15) is 5.75 Å². The van der Waals surface area contributed by atoms with Gasteiger partial charge in [0.2, 0.25) is 5.91 Å². The first-order chi connectivity index (χ1) is 10.0. The first kappa shape index (κ1) is 15.1. The van der Waals surface area contributed by atoms with Crippen molar-refractivity contribution >= 4 is 17.6 Å². The summed E-state index contributed by atoms with van der Waals surface area (Å²) in [5, 5.41) is 2.77. The summed E-state index contributed by atoms with van der Waals surface area (Å²) in [6, 6.07) is 6.37. The topological polar surface area (TPSA) is 93.9 Å². The van der Waals surface area contributed by atoms with Crippen LogP contribution in [0.25, 0.3) is 0 Å². The van der Waals surface area contributed by atoms with Gasteiger partial charge in [0, 0.05) is 19.3 Å². The minimum Gasteiger partial charge on any atom is -0.497 e. The Morgan fingerprint density at radius 2 is 2.05 bits per heavy atom. The number of benzene rings is 1. The van der Waals surface area contributed by atoms with Crippen molar-refractivity contribution in [1.82, 2.24) is 5.32 Å². The first-order valence-corrected chi connectivity index (χ1v) is 6.62. The summed E-state index contributed by atoms with van der Waals surface area (Å²) in [6.07, 6.45) is -0.200. The summed E-state index contributed by atoms with van der Waals surface area (Å²) in [5.41, 5.74) is 5.95. The molecule has 3 N–H and O–H groups in total. The Bertz CT molecular complexity index is 517. The van der Waals surface area contributed by atoms with Gasteiger partial charge < -0.3 is 20.5 Å². The SMILES string of the molecule is COc1ccc(N(C)C(=O)N[C@@H]2CCO[C@@H]2C(N)=O)cc1. The van der Waals surface area contributed by atoms with E-state index in [0.717, 1.165) is 0 Å². The maximum atomic E-state index is 12.2. The fraction of sp³-hybridized carbons (Fsp3) is 0.429. The van der Waals surface area contributed by atoms with Crippen LogP contribution in [0, 0.1) is 0 Å². The Balaban J connectivity index is 2.00. The molecule has 1 saturated heterocycles. The van der Waals surface area contributed by atoms with Crippen LogP contribution in [-0.4, -0.2) is 44.8 Å². The summed E-state index contributed by atoms with van der Waals surface area (Å²) in [6.45, 7) is 0.408. The van der Waals surface area contributed by atoms with Crippen LogP contribution in [0.3, 0.4) is 0 Å². The second kappa shape index (κ2) is 6.45. The molecule has 0 unspecified atom stereocenters. The van der Waals surface area contributed by atoms with Gasteiger partial charge in [-0.2, -0.15) is 0 Å². The number of carbonyl (C=O) groups excluding carboxylic acids is 2. The molecule has 2 atom stereocenters. The normalized spacial score (nSPS) is 20.9. The number of hydrogen-bond donors (Lipinski definition) is 2. The third kappa shape index (κ3) is 3.43. The van der Waals surface area contributed by atoms with E-state index in [1.807, 2.05) is 0 Å². The second-order valence-corrected chi connectivity index (χ2v) is 4.80. The molecule has 21 heavy (non-hydrogen) atoms. The molecule has 1 heterocycles. The van der Waals surface area contributed by atoms with E-state index in [1.54, 1.807) is 38.4 Å². The number of hydrogen-bond acceptors (Lipinski definition) is 4. The lowest BCUT2D eigenvalue weighted by Gasteiger charge is -2.23. The minimum absolute atomic E-state index is 0.318. The number of urea groups is 1. The summed E-state index contributed by atoms with van der Waals surface area (Å²) in [7, 11) is 3.22. The molecule has 0 saturated carbocycles. The Morgan fingerprint density at radius 1 is 1.38 bits per heavy atom. The van der Waals surface area contributed by atoms with Gasteiger partial charge in [-0.15, -0.1) is 0 Å². The quantitative estimate of drug-likeness (QED) is 0.844. The number of anilines is 1. The molecule has 0 aromatic heterocycles. The molecule has 1 aromatic carbocycles. The molecule has 0 aliphatic carbocycles. The van der Waals surface area contributed by atoms with Crippen molar-refractivity contribution in [3.05, 3.63) is 24.3 Å². The average molecular weight is 293 g/mol. The van der Waals surface area contributed by atoms with Crippen molar-refractivity contribution in [2.75, 3.05) is 25.7 Å². The van der Waals surface area contributed by atoms with E-state index in [0.29, 0.717) is 24.5 Å². The molecular weight excluding hydrogens is 274 g/mol. The van der Waals surface area contributed by atoms with E-state index in [2.05, 4.69) is 5.32 Å². The van der Waals surface area contributed by atoms with Gasteiger partial charge in [0.15, 0.2) is 6.10 Å². The Morgan fingerprint density at radius 3 is 2.62 bits per heavy atom. The second-order valence-electron chi connectivity index (χ2n) is 4.80. The maximum Gasteiger partial charge on any atom is 0.321 e. The van der Waals surface area contributed by atoms with Crippen molar-refractivity contribution in [3.63, 3.8) is 0 Å². The van der Waals surface area contributed by atoms with E-state index in [1.165, 1.54) is 4.90 Å². The number of nitrogens with zero attached hydrogens (tertiary/aromatic N) is 1. The minimum atomic E-state index is -0.766. The highest BCUT2D eigenvalue weighted by Crippen LogP contribution is 2.19. The van der Waals surface area contributed by atoms with E-state index < -0.39 is 18.1 Å². The lowest BCUT2D eigenvalue weighted by Crippen LogP contribution is -2.50. The Hall–Kier alpha value is -2.28. The lowest BCUT2D eigenvalue weighted by atomic mass is 10.1. The molecule has 0 radical (unpaired) electrons. The smallest absolute Gasteiger partial charge is 0.321 e. The van der Waals surface area contributed by atoms with Gasteiger partial charge in [0.25, 0.3) is 0 Å². The highest BCUT2D eigenvalue weighted by molar-refractivity contribution is 5.92. The molecule has 7 heteroatoms. The van der Waals surface area contributed by atoms with Crippen molar-refractivity contribution in [2.45, 2.75) is 18.6 Å². The zero-order chi connectivity index (χ0) is 15.4. The maximum absolute atomic E-state index is 12.2. The van der Waals surface area contributed by atoms with Crippen LogP contribution in [-0.2, 0) is 9.53 Å².